The monoisotopic (exact) mass is 250 g/mol. The average Bonchev–Trinajstić information content (AvgIpc) is 2.58. The molecule has 0 heterocycles. The van der Waals surface area contributed by atoms with Crippen LogP contribution in [-0.2, 0) is 9.84 Å². The highest BCUT2D eigenvalue weighted by molar-refractivity contribution is 7.92. The summed E-state index contributed by atoms with van der Waals surface area (Å²) in [5, 5.41) is -0.340. The van der Waals surface area contributed by atoms with Crippen LogP contribution >= 0.6 is 0 Å². The Morgan fingerprint density at radius 2 is 1.82 bits per heavy atom. The van der Waals surface area contributed by atoms with Gasteiger partial charge in [0.1, 0.15) is 0 Å². The summed E-state index contributed by atoms with van der Waals surface area (Å²) in [5.74, 6) is 0. The first-order valence-corrected chi connectivity index (χ1v) is 7.62. The molecule has 3 heteroatoms. The fraction of sp³-hybridized carbons (Fsp3) is 0.429. The fourth-order valence-electron chi connectivity index (χ4n) is 2.11. The summed E-state index contributed by atoms with van der Waals surface area (Å²) in [6.45, 7) is 1.96. The number of hydrogen-bond acceptors (Lipinski definition) is 2. The second kappa shape index (κ2) is 5.05. The molecule has 0 spiro atoms. The van der Waals surface area contributed by atoms with E-state index in [0.717, 1.165) is 31.2 Å². The summed E-state index contributed by atoms with van der Waals surface area (Å²) in [6.07, 6.45) is 7.69. The molecule has 0 amide bonds. The van der Waals surface area contributed by atoms with Gasteiger partial charge >= 0.3 is 0 Å². The lowest BCUT2D eigenvalue weighted by Crippen LogP contribution is -2.18. The first-order valence-electron chi connectivity index (χ1n) is 6.08. The quantitative estimate of drug-likeness (QED) is 0.755. The van der Waals surface area contributed by atoms with E-state index in [4.69, 9.17) is 0 Å². The highest BCUT2D eigenvalue weighted by Gasteiger charge is 2.25. The van der Waals surface area contributed by atoms with Crippen molar-refractivity contribution in [2.75, 3.05) is 0 Å². The minimum absolute atomic E-state index is 0.340. The van der Waals surface area contributed by atoms with Crippen molar-refractivity contribution >= 4 is 9.84 Å². The average molecular weight is 250 g/mol. The van der Waals surface area contributed by atoms with E-state index in [1.54, 1.807) is 12.1 Å². The van der Waals surface area contributed by atoms with E-state index < -0.39 is 9.84 Å². The smallest absolute Gasteiger partial charge is 0.184 e. The topological polar surface area (TPSA) is 34.1 Å². The predicted octanol–water partition coefficient (Wildman–Crippen LogP) is 3.27. The molecule has 92 valence electrons. The van der Waals surface area contributed by atoms with Crippen molar-refractivity contribution in [2.45, 2.75) is 42.8 Å². The highest BCUT2D eigenvalue weighted by atomic mass is 32.2. The van der Waals surface area contributed by atoms with Gasteiger partial charge in [0.25, 0.3) is 0 Å². The zero-order valence-corrected chi connectivity index (χ0v) is 10.9. The van der Waals surface area contributed by atoms with E-state index in [9.17, 15) is 8.42 Å². The van der Waals surface area contributed by atoms with Crippen molar-refractivity contribution in [2.24, 2.45) is 0 Å². The Hall–Kier alpha value is -1.09. The van der Waals surface area contributed by atoms with Crippen molar-refractivity contribution in [3.63, 3.8) is 0 Å². The lowest BCUT2D eigenvalue weighted by Gasteiger charge is -2.12. The Kier molecular flexibility index (Phi) is 3.67. The second-order valence-electron chi connectivity index (χ2n) is 4.61. The fourth-order valence-corrected chi connectivity index (χ4v) is 3.77. The maximum atomic E-state index is 12.4. The Labute approximate surface area is 103 Å². The molecule has 0 fully saturated rings. The third-order valence-electron chi connectivity index (χ3n) is 3.21. The molecule has 1 aliphatic carbocycles. The molecule has 0 saturated heterocycles. The Morgan fingerprint density at radius 1 is 1.12 bits per heavy atom. The SMILES string of the molecule is Cc1ccc(S(=O)(=O)[C@@H]2C=CCCCC2)cc1. The molecule has 0 saturated carbocycles. The van der Waals surface area contributed by atoms with Crippen LogP contribution in [0.15, 0.2) is 41.3 Å². The first-order chi connectivity index (χ1) is 8.10. The van der Waals surface area contributed by atoms with Gasteiger partial charge in [-0.15, -0.1) is 0 Å². The van der Waals surface area contributed by atoms with E-state index >= 15 is 0 Å². The third-order valence-corrected chi connectivity index (χ3v) is 5.33. The molecule has 0 aliphatic heterocycles. The number of benzene rings is 1. The van der Waals surface area contributed by atoms with Crippen LogP contribution in [0, 0.1) is 6.92 Å². The standard InChI is InChI=1S/C14H18O2S/c1-12-8-10-14(11-9-12)17(15,16)13-6-4-2-3-5-7-13/h4,6,8-11,13H,2-3,5,7H2,1H3/t13-/m1/s1. The summed E-state index contributed by atoms with van der Waals surface area (Å²) < 4.78 is 24.8. The molecule has 2 nitrogen and oxygen atoms in total. The van der Waals surface area contributed by atoms with E-state index in [1.807, 2.05) is 31.2 Å². The molecule has 17 heavy (non-hydrogen) atoms. The predicted molar refractivity (Wildman–Crippen MR) is 69.8 cm³/mol. The summed E-state index contributed by atoms with van der Waals surface area (Å²) in [7, 11) is -3.19. The molecule has 1 atom stereocenters. The first kappa shape index (κ1) is 12.4. The summed E-state index contributed by atoms with van der Waals surface area (Å²) >= 11 is 0. The van der Waals surface area contributed by atoms with E-state index in [1.165, 1.54) is 0 Å². The van der Waals surface area contributed by atoms with Crippen LogP contribution < -0.4 is 0 Å². The van der Waals surface area contributed by atoms with Crippen LogP contribution in [0.2, 0.25) is 0 Å². The second-order valence-corrected chi connectivity index (χ2v) is 6.78. The largest absolute Gasteiger partial charge is 0.223 e. The number of sulfone groups is 1. The molecule has 1 aliphatic rings. The zero-order chi connectivity index (χ0) is 12.3. The van der Waals surface area contributed by atoms with E-state index in [2.05, 4.69) is 0 Å². The summed E-state index contributed by atoms with van der Waals surface area (Å²) in [6, 6.07) is 7.13. The molecular weight excluding hydrogens is 232 g/mol. The van der Waals surface area contributed by atoms with Crippen molar-refractivity contribution in [1.82, 2.24) is 0 Å². The van der Waals surface area contributed by atoms with Gasteiger partial charge in [-0.3, -0.25) is 0 Å². The normalized spacial score (nSPS) is 21.1. The third kappa shape index (κ3) is 2.78. The minimum Gasteiger partial charge on any atom is -0.223 e. The molecule has 0 bridgehead atoms. The van der Waals surface area contributed by atoms with E-state index in [-0.39, 0.29) is 5.25 Å². The van der Waals surface area contributed by atoms with Gasteiger partial charge in [0, 0.05) is 0 Å². The number of aryl methyl sites for hydroxylation is 1. The van der Waals surface area contributed by atoms with Gasteiger partial charge in [-0.1, -0.05) is 36.3 Å². The van der Waals surface area contributed by atoms with Crippen molar-refractivity contribution in [1.29, 1.82) is 0 Å². The van der Waals surface area contributed by atoms with Crippen LogP contribution in [-0.4, -0.2) is 13.7 Å². The zero-order valence-electron chi connectivity index (χ0n) is 10.1. The molecule has 2 rings (SSSR count). The maximum Gasteiger partial charge on any atom is 0.184 e. The van der Waals surface area contributed by atoms with Gasteiger partial charge in [0.05, 0.1) is 10.1 Å². The van der Waals surface area contributed by atoms with Crippen LogP contribution in [0.25, 0.3) is 0 Å². The van der Waals surface area contributed by atoms with Gasteiger partial charge in [0.15, 0.2) is 9.84 Å². The summed E-state index contributed by atoms with van der Waals surface area (Å²) in [5.41, 5.74) is 1.08. The van der Waals surface area contributed by atoms with Crippen LogP contribution in [0.3, 0.4) is 0 Å². The van der Waals surface area contributed by atoms with Gasteiger partial charge in [0.2, 0.25) is 0 Å². The molecule has 0 unspecified atom stereocenters. The lowest BCUT2D eigenvalue weighted by atomic mass is 10.2. The van der Waals surface area contributed by atoms with Crippen LogP contribution in [0.5, 0.6) is 0 Å². The highest BCUT2D eigenvalue weighted by Crippen LogP contribution is 2.24. The Morgan fingerprint density at radius 3 is 2.53 bits per heavy atom. The molecule has 1 aromatic carbocycles. The van der Waals surface area contributed by atoms with E-state index in [0.29, 0.717) is 4.90 Å². The number of rotatable bonds is 2. The van der Waals surface area contributed by atoms with Gasteiger partial charge < -0.3 is 0 Å². The molecule has 0 N–H and O–H groups in total. The Balaban J connectivity index is 2.31. The lowest BCUT2D eigenvalue weighted by molar-refractivity contribution is 0.580. The van der Waals surface area contributed by atoms with Crippen molar-refractivity contribution in [3.05, 3.63) is 42.0 Å². The minimum atomic E-state index is -3.19. The maximum absolute atomic E-state index is 12.4. The number of hydrogen-bond donors (Lipinski definition) is 0. The number of allylic oxidation sites excluding steroid dienone is 1. The molecular formula is C14H18O2S. The van der Waals surface area contributed by atoms with Gasteiger partial charge in [-0.25, -0.2) is 8.42 Å². The van der Waals surface area contributed by atoms with Crippen LogP contribution in [0.4, 0.5) is 0 Å². The molecule has 0 aromatic heterocycles. The van der Waals surface area contributed by atoms with Gasteiger partial charge in [-0.05, 0) is 38.3 Å². The van der Waals surface area contributed by atoms with Gasteiger partial charge in [-0.2, -0.15) is 0 Å². The van der Waals surface area contributed by atoms with Crippen LogP contribution in [0.1, 0.15) is 31.2 Å². The van der Waals surface area contributed by atoms with Crippen molar-refractivity contribution < 1.29 is 8.42 Å². The molecule has 1 aromatic rings. The Bertz CT molecular complexity index is 498. The summed E-state index contributed by atoms with van der Waals surface area (Å²) in [4.78, 5) is 0.444. The molecule has 0 radical (unpaired) electrons. The van der Waals surface area contributed by atoms with Crippen molar-refractivity contribution in [3.8, 4) is 0 Å².